The van der Waals surface area contributed by atoms with Crippen LogP contribution < -0.4 is 0 Å². The first-order valence-electron chi connectivity index (χ1n) is 8.04. The highest BCUT2D eigenvalue weighted by Crippen LogP contribution is 2.08. The number of hydrogen-bond donors (Lipinski definition) is 0. The van der Waals surface area contributed by atoms with Gasteiger partial charge in [-0.25, -0.2) is 0 Å². The van der Waals surface area contributed by atoms with E-state index in [0.717, 1.165) is 38.3 Å². The number of aromatic nitrogens is 1. The van der Waals surface area contributed by atoms with Crippen LogP contribution in [-0.2, 0) is 11.2 Å². The van der Waals surface area contributed by atoms with Crippen LogP contribution in [0.4, 0.5) is 0 Å². The molecule has 0 N–H and O–H groups in total. The fourth-order valence-corrected chi connectivity index (χ4v) is 2.69. The molecular formula is C17H28N4O. The highest BCUT2D eigenvalue weighted by Gasteiger charge is 2.21. The summed E-state index contributed by atoms with van der Waals surface area (Å²) in [6.45, 7) is 8.35. The highest BCUT2D eigenvalue weighted by atomic mass is 16.2. The Labute approximate surface area is 133 Å². The van der Waals surface area contributed by atoms with Gasteiger partial charge in [0.15, 0.2) is 0 Å². The summed E-state index contributed by atoms with van der Waals surface area (Å²) >= 11 is 0. The average molecular weight is 304 g/mol. The summed E-state index contributed by atoms with van der Waals surface area (Å²) in [6, 6.07) is 4.42. The van der Waals surface area contributed by atoms with Gasteiger partial charge in [0.25, 0.3) is 0 Å². The van der Waals surface area contributed by atoms with Gasteiger partial charge in [-0.15, -0.1) is 0 Å². The molecule has 0 saturated carbocycles. The average Bonchev–Trinajstić information content (AvgIpc) is 2.47. The van der Waals surface area contributed by atoms with Crippen LogP contribution in [-0.4, -0.2) is 78.5 Å². The van der Waals surface area contributed by atoms with Crippen LogP contribution in [0.5, 0.6) is 0 Å². The van der Waals surface area contributed by atoms with Crippen molar-refractivity contribution in [3.63, 3.8) is 0 Å². The molecule has 1 aromatic rings. The van der Waals surface area contributed by atoms with Crippen molar-refractivity contribution in [2.24, 2.45) is 0 Å². The number of hydrogen-bond acceptors (Lipinski definition) is 4. The van der Waals surface area contributed by atoms with E-state index in [-0.39, 0.29) is 5.91 Å². The second kappa shape index (κ2) is 7.70. The minimum absolute atomic E-state index is 0.236. The molecule has 1 aliphatic rings. The zero-order valence-electron chi connectivity index (χ0n) is 14.2. The predicted octanol–water partition coefficient (Wildman–Crippen LogP) is 1.03. The Balaban J connectivity index is 1.83. The van der Waals surface area contributed by atoms with E-state index in [1.807, 2.05) is 24.2 Å². The third-order valence-electron chi connectivity index (χ3n) is 4.47. The topological polar surface area (TPSA) is 39.7 Å². The van der Waals surface area contributed by atoms with Crippen molar-refractivity contribution in [2.75, 3.05) is 46.8 Å². The molecule has 0 aromatic carbocycles. The Bertz CT molecular complexity index is 497. The van der Waals surface area contributed by atoms with E-state index in [9.17, 15) is 4.79 Å². The largest absolute Gasteiger partial charge is 0.339 e. The first kappa shape index (κ1) is 16.9. The second-order valence-corrected chi connectivity index (χ2v) is 6.48. The molecule has 1 aromatic heterocycles. The smallest absolute Gasteiger partial charge is 0.236 e. The van der Waals surface area contributed by atoms with Crippen molar-refractivity contribution >= 4 is 5.91 Å². The standard InChI is InChI=1S/C17H28N4O/c1-14-5-6-18-16(11-14)12-15(2)20(4)13-17(22)21-9-7-19(3)8-10-21/h5-6,11,15H,7-10,12-13H2,1-4H3/t15-/m1/s1. The Morgan fingerprint density at radius 1 is 1.36 bits per heavy atom. The number of pyridine rings is 1. The second-order valence-electron chi connectivity index (χ2n) is 6.48. The van der Waals surface area contributed by atoms with Crippen LogP contribution >= 0.6 is 0 Å². The lowest BCUT2D eigenvalue weighted by molar-refractivity contribution is -0.134. The summed E-state index contributed by atoms with van der Waals surface area (Å²) in [7, 11) is 4.12. The van der Waals surface area contributed by atoms with Gasteiger partial charge in [-0.3, -0.25) is 14.7 Å². The molecule has 22 heavy (non-hydrogen) atoms. The molecule has 0 spiro atoms. The SMILES string of the molecule is Cc1ccnc(C[C@@H](C)N(C)CC(=O)N2CCN(C)CC2)c1. The maximum Gasteiger partial charge on any atom is 0.236 e. The van der Waals surface area contributed by atoms with Crippen molar-refractivity contribution in [3.8, 4) is 0 Å². The van der Waals surface area contributed by atoms with E-state index in [1.165, 1.54) is 5.56 Å². The zero-order valence-corrected chi connectivity index (χ0v) is 14.2. The van der Waals surface area contributed by atoms with Crippen LogP contribution in [0.15, 0.2) is 18.3 Å². The van der Waals surface area contributed by atoms with E-state index < -0.39 is 0 Å². The summed E-state index contributed by atoms with van der Waals surface area (Å²) in [5.74, 6) is 0.236. The number of rotatable bonds is 5. The molecule has 1 fully saturated rings. The minimum atomic E-state index is 0.236. The van der Waals surface area contributed by atoms with Gasteiger partial charge >= 0.3 is 0 Å². The van der Waals surface area contributed by atoms with Gasteiger partial charge in [0.1, 0.15) is 0 Å². The lowest BCUT2D eigenvalue weighted by atomic mass is 10.1. The van der Waals surface area contributed by atoms with Gasteiger partial charge in [0.2, 0.25) is 5.91 Å². The van der Waals surface area contributed by atoms with Crippen LogP contribution in [0.3, 0.4) is 0 Å². The van der Waals surface area contributed by atoms with E-state index in [0.29, 0.717) is 12.6 Å². The predicted molar refractivity (Wildman–Crippen MR) is 88.8 cm³/mol. The fraction of sp³-hybridized carbons (Fsp3) is 0.647. The molecule has 2 rings (SSSR count). The Morgan fingerprint density at radius 2 is 2.05 bits per heavy atom. The summed E-state index contributed by atoms with van der Waals surface area (Å²) in [5.41, 5.74) is 2.32. The third-order valence-corrected chi connectivity index (χ3v) is 4.47. The van der Waals surface area contributed by atoms with Gasteiger partial charge in [-0.2, -0.15) is 0 Å². The quantitative estimate of drug-likeness (QED) is 0.814. The molecule has 0 aliphatic carbocycles. The molecule has 0 bridgehead atoms. The van der Waals surface area contributed by atoms with E-state index in [2.05, 4.69) is 41.7 Å². The normalized spacial score (nSPS) is 17.8. The number of carbonyl (C=O) groups excluding carboxylic acids is 1. The van der Waals surface area contributed by atoms with Crippen LogP contribution in [0.25, 0.3) is 0 Å². The van der Waals surface area contributed by atoms with E-state index in [1.54, 1.807) is 0 Å². The number of likely N-dealkylation sites (N-methyl/N-ethyl adjacent to an activating group) is 2. The molecule has 1 aliphatic heterocycles. The summed E-state index contributed by atoms with van der Waals surface area (Å²) in [5, 5.41) is 0. The lowest BCUT2D eigenvalue weighted by Gasteiger charge is -2.34. The molecule has 2 heterocycles. The molecule has 5 nitrogen and oxygen atoms in total. The van der Waals surface area contributed by atoms with Gasteiger partial charge in [-0.05, 0) is 45.6 Å². The minimum Gasteiger partial charge on any atom is -0.339 e. The maximum atomic E-state index is 12.4. The number of nitrogens with zero attached hydrogens (tertiary/aromatic N) is 4. The maximum absolute atomic E-state index is 12.4. The van der Waals surface area contributed by atoms with Crippen molar-refractivity contribution in [1.29, 1.82) is 0 Å². The van der Waals surface area contributed by atoms with Gasteiger partial charge in [-0.1, -0.05) is 0 Å². The highest BCUT2D eigenvalue weighted by molar-refractivity contribution is 5.78. The van der Waals surface area contributed by atoms with Crippen LogP contribution in [0, 0.1) is 6.92 Å². The van der Waals surface area contributed by atoms with Gasteiger partial charge in [0, 0.05) is 50.5 Å². The molecule has 0 unspecified atom stereocenters. The molecule has 122 valence electrons. The molecule has 1 saturated heterocycles. The lowest BCUT2D eigenvalue weighted by Crippen LogP contribution is -2.50. The number of aryl methyl sites for hydroxylation is 1. The zero-order chi connectivity index (χ0) is 16.1. The molecule has 1 amide bonds. The Kier molecular flexibility index (Phi) is 5.91. The van der Waals surface area contributed by atoms with Gasteiger partial charge in [0.05, 0.1) is 6.54 Å². The van der Waals surface area contributed by atoms with Crippen molar-refractivity contribution < 1.29 is 4.79 Å². The van der Waals surface area contributed by atoms with Crippen molar-refractivity contribution in [2.45, 2.75) is 26.3 Å². The van der Waals surface area contributed by atoms with Crippen LogP contribution in [0.1, 0.15) is 18.2 Å². The fourth-order valence-electron chi connectivity index (χ4n) is 2.69. The first-order valence-corrected chi connectivity index (χ1v) is 8.04. The van der Waals surface area contributed by atoms with Crippen molar-refractivity contribution in [1.82, 2.24) is 19.7 Å². The summed E-state index contributed by atoms with van der Waals surface area (Å²) in [4.78, 5) is 23.2. The van der Waals surface area contributed by atoms with E-state index in [4.69, 9.17) is 0 Å². The number of amides is 1. The van der Waals surface area contributed by atoms with Crippen LogP contribution in [0.2, 0.25) is 0 Å². The van der Waals surface area contributed by atoms with Gasteiger partial charge < -0.3 is 9.80 Å². The Morgan fingerprint density at radius 3 is 2.68 bits per heavy atom. The third kappa shape index (κ3) is 4.78. The number of carbonyl (C=O) groups is 1. The molecule has 5 heteroatoms. The summed E-state index contributed by atoms with van der Waals surface area (Å²) < 4.78 is 0. The molecule has 1 atom stereocenters. The first-order chi connectivity index (χ1) is 10.5. The Hall–Kier alpha value is -1.46. The van der Waals surface area contributed by atoms with Crippen molar-refractivity contribution in [3.05, 3.63) is 29.6 Å². The van der Waals surface area contributed by atoms with E-state index >= 15 is 0 Å². The number of piperazine rings is 1. The molecular weight excluding hydrogens is 276 g/mol. The molecule has 0 radical (unpaired) electrons. The summed E-state index contributed by atoms with van der Waals surface area (Å²) in [6.07, 6.45) is 2.72. The monoisotopic (exact) mass is 304 g/mol.